The molecule has 0 aliphatic carbocycles. The molecule has 0 aromatic rings. The molecule has 0 saturated heterocycles. The number of nitrogens with one attached hydrogen (secondary N) is 1. The quantitative estimate of drug-likeness (QED) is 0.620. The van der Waals surface area contributed by atoms with Crippen molar-refractivity contribution >= 4 is 0 Å². The maximum absolute atomic E-state index is 5.11. The molecule has 0 radical (unpaired) electrons. The standard InChI is InChI=1S/C13H30N2O/c1-6-15(7-8-16-5)11-13(4)10-14-9-12(2)3/h12-14H,6-11H2,1-5H3. The second-order valence-electron chi connectivity index (χ2n) is 5.04. The summed E-state index contributed by atoms with van der Waals surface area (Å²) in [6, 6.07) is 0. The van der Waals surface area contributed by atoms with Gasteiger partial charge in [-0.25, -0.2) is 0 Å². The average Bonchev–Trinajstić information content (AvgIpc) is 2.23. The summed E-state index contributed by atoms with van der Waals surface area (Å²) in [6.07, 6.45) is 0. The molecule has 1 N–H and O–H groups in total. The van der Waals surface area contributed by atoms with Crippen LogP contribution in [0.1, 0.15) is 27.7 Å². The van der Waals surface area contributed by atoms with E-state index in [1.807, 2.05) is 0 Å². The SMILES string of the molecule is CCN(CCOC)CC(C)CNCC(C)C. The van der Waals surface area contributed by atoms with Crippen molar-refractivity contribution in [3.63, 3.8) is 0 Å². The molecule has 0 amide bonds. The first-order valence-electron chi connectivity index (χ1n) is 6.52. The summed E-state index contributed by atoms with van der Waals surface area (Å²) in [5.74, 6) is 1.44. The molecular weight excluding hydrogens is 200 g/mol. The van der Waals surface area contributed by atoms with E-state index in [-0.39, 0.29) is 0 Å². The lowest BCUT2D eigenvalue weighted by molar-refractivity contribution is 0.141. The van der Waals surface area contributed by atoms with Gasteiger partial charge in [0.2, 0.25) is 0 Å². The van der Waals surface area contributed by atoms with Gasteiger partial charge in [0.15, 0.2) is 0 Å². The normalized spacial score (nSPS) is 13.7. The van der Waals surface area contributed by atoms with Crippen LogP contribution in [0.25, 0.3) is 0 Å². The molecule has 1 atom stereocenters. The van der Waals surface area contributed by atoms with Crippen molar-refractivity contribution in [1.82, 2.24) is 10.2 Å². The molecule has 98 valence electrons. The molecule has 16 heavy (non-hydrogen) atoms. The van der Waals surface area contributed by atoms with E-state index in [0.29, 0.717) is 5.92 Å². The maximum Gasteiger partial charge on any atom is 0.0589 e. The van der Waals surface area contributed by atoms with E-state index in [9.17, 15) is 0 Å². The third-order valence-corrected chi connectivity index (χ3v) is 2.67. The van der Waals surface area contributed by atoms with Gasteiger partial charge in [-0.1, -0.05) is 27.7 Å². The zero-order chi connectivity index (χ0) is 12.4. The minimum absolute atomic E-state index is 0.704. The first-order valence-corrected chi connectivity index (χ1v) is 6.52. The van der Waals surface area contributed by atoms with Crippen molar-refractivity contribution in [2.75, 3.05) is 46.4 Å². The summed E-state index contributed by atoms with van der Waals surface area (Å²) in [4.78, 5) is 2.45. The topological polar surface area (TPSA) is 24.5 Å². The summed E-state index contributed by atoms with van der Waals surface area (Å²) in [6.45, 7) is 15.4. The fraction of sp³-hybridized carbons (Fsp3) is 1.00. The number of nitrogens with zero attached hydrogens (tertiary/aromatic N) is 1. The second-order valence-corrected chi connectivity index (χ2v) is 5.04. The second kappa shape index (κ2) is 10.1. The Bertz CT molecular complexity index is 151. The van der Waals surface area contributed by atoms with Crippen LogP contribution in [-0.2, 0) is 4.74 Å². The van der Waals surface area contributed by atoms with Gasteiger partial charge in [-0.15, -0.1) is 0 Å². The van der Waals surface area contributed by atoms with Crippen molar-refractivity contribution in [1.29, 1.82) is 0 Å². The molecule has 3 nitrogen and oxygen atoms in total. The summed E-state index contributed by atoms with van der Waals surface area (Å²) >= 11 is 0. The minimum atomic E-state index is 0.704. The molecule has 0 spiro atoms. The van der Waals surface area contributed by atoms with Gasteiger partial charge in [0.1, 0.15) is 0 Å². The summed E-state index contributed by atoms with van der Waals surface area (Å²) in [5, 5.41) is 3.51. The van der Waals surface area contributed by atoms with Crippen molar-refractivity contribution in [2.45, 2.75) is 27.7 Å². The van der Waals surface area contributed by atoms with Gasteiger partial charge in [-0.2, -0.15) is 0 Å². The van der Waals surface area contributed by atoms with Crippen LogP contribution in [0.3, 0.4) is 0 Å². The molecule has 0 aliphatic heterocycles. The summed E-state index contributed by atoms with van der Waals surface area (Å²) in [5.41, 5.74) is 0. The minimum Gasteiger partial charge on any atom is -0.383 e. The third-order valence-electron chi connectivity index (χ3n) is 2.67. The lowest BCUT2D eigenvalue weighted by atomic mass is 10.1. The fourth-order valence-electron chi connectivity index (χ4n) is 1.72. The summed E-state index contributed by atoms with van der Waals surface area (Å²) < 4.78 is 5.11. The van der Waals surface area contributed by atoms with Gasteiger partial charge in [0.25, 0.3) is 0 Å². The zero-order valence-corrected chi connectivity index (χ0v) is 11.8. The molecule has 0 rings (SSSR count). The van der Waals surface area contributed by atoms with Gasteiger partial charge in [-0.05, 0) is 31.5 Å². The van der Waals surface area contributed by atoms with Crippen molar-refractivity contribution in [3.05, 3.63) is 0 Å². The van der Waals surface area contributed by atoms with Gasteiger partial charge >= 0.3 is 0 Å². The van der Waals surface area contributed by atoms with E-state index < -0.39 is 0 Å². The van der Waals surface area contributed by atoms with Gasteiger partial charge < -0.3 is 15.0 Å². The number of methoxy groups -OCH3 is 1. The van der Waals surface area contributed by atoms with E-state index in [2.05, 4.69) is 37.9 Å². The Morgan fingerprint density at radius 3 is 2.38 bits per heavy atom. The smallest absolute Gasteiger partial charge is 0.0589 e. The van der Waals surface area contributed by atoms with E-state index in [1.54, 1.807) is 7.11 Å². The highest BCUT2D eigenvalue weighted by Crippen LogP contribution is 1.99. The van der Waals surface area contributed by atoms with Crippen LogP contribution in [0.4, 0.5) is 0 Å². The first kappa shape index (κ1) is 15.9. The number of ether oxygens (including phenoxy) is 1. The molecule has 0 heterocycles. The van der Waals surface area contributed by atoms with Crippen molar-refractivity contribution in [3.8, 4) is 0 Å². The van der Waals surface area contributed by atoms with Crippen molar-refractivity contribution < 1.29 is 4.74 Å². The lowest BCUT2D eigenvalue weighted by Crippen LogP contribution is -2.36. The molecule has 0 fully saturated rings. The Hall–Kier alpha value is -0.120. The summed E-state index contributed by atoms with van der Waals surface area (Å²) in [7, 11) is 1.77. The molecule has 0 aromatic carbocycles. The fourth-order valence-corrected chi connectivity index (χ4v) is 1.72. The predicted molar refractivity (Wildman–Crippen MR) is 70.9 cm³/mol. The van der Waals surface area contributed by atoms with Crippen LogP contribution in [0.5, 0.6) is 0 Å². The largest absolute Gasteiger partial charge is 0.383 e. The molecular formula is C13H30N2O. The first-order chi connectivity index (χ1) is 7.60. The van der Waals surface area contributed by atoms with E-state index in [0.717, 1.165) is 45.2 Å². The van der Waals surface area contributed by atoms with Crippen LogP contribution < -0.4 is 5.32 Å². The van der Waals surface area contributed by atoms with Crippen molar-refractivity contribution in [2.24, 2.45) is 11.8 Å². The van der Waals surface area contributed by atoms with Crippen LogP contribution in [0.15, 0.2) is 0 Å². The van der Waals surface area contributed by atoms with Crippen LogP contribution in [-0.4, -0.2) is 51.3 Å². The Labute approximate surface area is 102 Å². The molecule has 0 aliphatic rings. The van der Waals surface area contributed by atoms with Crippen LogP contribution >= 0.6 is 0 Å². The highest BCUT2D eigenvalue weighted by Gasteiger charge is 2.08. The molecule has 0 saturated carbocycles. The Morgan fingerprint density at radius 2 is 1.88 bits per heavy atom. The predicted octanol–water partition coefficient (Wildman–Crippen LogP) is 1.84. The Kier molecular flexibility index (Phi) is 9.99. The van der Waals surface area contributed by atoms with E-state index >= 15 is 0 Å². The lowest BCUT2D eigenvalue weighted by Gasteiger charge is -2.24. The van der Waals surface area contributed by atoms with E-state index in [1.165, 1.54) is 0 Å². The monoisotopic (exact) mass is 230 g/mol. The number of hydrogen-bond acceptors (Lipinski definition) is 3. The van der Waals surface area contributed by atoms with Crippen LogP contribution in [0.2, 0.25) is 0 Å². The number of rotatable bonds is 10. The highest BCUT2D eigenvalue weighted by molar-refractivity contribution is 4.64. The van der Waals surface area contributed by atoms with Gasteiger partial charge in [0, 0.05) is 20.2 Å². The zero-order valence-electron chi connectivity index (χ0n) is 11.8. The number of likely N-dealkylation sites (N-methyl/N-ethyl adjacent to an activating group) is 1. The average molecular weight is 230 g/mol. The number of hydrogen-bond donors (Lipinski definition) is 1. The molecule has 0 aromatic heterocycles. The van der Waals surface area contributed by atoms with Gasteiger partial charge in [-0.3, -0.25) is 0 Å². The Balaban J connectivity index is 3.60. The highest BCUT2D eigenvalue weighted by atomic mass is 16.5. The molecule has 1 unspecified atom stereocenters. The van der Waals surface area contributed by atoms with Gasteiger partial charge in [0.05, 0.1) is 6.61 Å². The van der Waals surface area contributed by atoms with Crippen LogP contribution in [0, 0.1) is 11.8 Å². The maximum atomic E-state index is 5.11. The Morgan fingerprint density at radius 1 is 1.19 bits per heavy atom. The molecule has 3 heteroatoms. The third kappa shape index (κ3) is 9.13. The molecule has 0 bridgehead atoms. The van der Waals surface area contributed by atoms with E-state index in [4.69, 9.17) is 4.74 Å².